The number of methoxy groups -OCH3 is 1. The highest BCUT2D eigenvalue weighted by Crippen LogP contribution is 2.36. The van der Waals surface area contributed by atoms with Gasteiger partial charge in [-0.2, -0.15) is 0 Å². The highest BCUT2D eigenvalue weighted by molar-refractivity contribution is 7.62. The molecule has 0 amide bonds. The average Bonchev–Trinajstić information content (AvgIpc) is 2.14. The van der Waals surface area contributed by atoms with Crippen LogP contribution in [0.5, 0.6) is 5.75 Å². The Morgan fingerprint density at radius 1 is 1.21 bits per heavy atom. The first-order valence-electron chi connectivity index (χ1n) is 4.68. The third-order valence-electron chi connectivity index (χ3n) is 2.10. The van der Waals surface area contributed by atoms with Gasteiger partial charge in [-0.05, 0) is 37.4 Å². The molecule has 0 atom stereocenters. The van der Waals surface area contributed by atoms with E-state index in [4.69, 9.17) is 4.74 Å². The molecule has 0 fully saturated rings. The second kappa shape index (κ2) is 4.65. The maximum atomic E-state index is 11.5. The fourth-order valence-electron chi connectivity index (χ4n) is 1.19. The van der Waals surface area contributed by atoms with Crippen molar-refractivity contribution in [3.05, 3.63) is 29.8 Å². The average molecular weight is 212 g/mol. The lowest BCUT2D eigenvalue weighted by molar-refractivity contribution is 0.414. The molecule has 2 nitrogen and oxygen atoms in total. The lowest BCUT2D eigenvalue weighted by Gasteiger charge is -2.06. The van der Waals surface area contributed by atoms with E-state index in [9.17, 15) is 4.57 Å². The molecule has 0 N–H and O–H groups in total. The fourth-order valence-corrected chi connectivity index (χ4v) is 1.99. The van der Waals surface area contributed by atoms with Gasteiger partial charge in [0.05, 0.1) is 14.3 Å². The fraction of sp³-hybridized carbons (Fsp3) is 0.455. The van der Waals surface area contributed by atoms with Crippen molar-refractivity contribution < 1.29 is 9.30 Å². The van der Waals surface area contributed by atoms with E-state index >= 15 is 0 Å². The summed E-state index contributed by atoms with van der Waals surface area (Å²) in [5.41, 5.74) is 1.22. The normalized spacial score (nSPS) is 11.4. The summed E-state index contributed by atoms with van der Waals surface area (Å²) in [4.78, 5) is 0. The number of rotatable bonds is 4. The first-order valence-corrected chi connectivity index (χ1v) is 7.47. The second-order valence-electron chi connectivity index (χ2n) is 3.90. The quantitative estimate of drug-likeness (QED) is 0.717. The van der Waals surface area contributed by atoms with E-state index in [1.54, 1.807) is 7.11 Å². The van der Waals surface area contributed by atoms with Crippen molar-refractivity contribution in [2.75, 3.05) is 26.6 Å². The van der Waals surface area contributed by atoms with Crippen molar-refractivity contribution in [1.82, 2.24) is 0 Å². The van der Waals surface area contributed by atoms with Gasteiger partial charge in [0.1, 0.15) is 5.75 Å². The molecule has 1 aromatic carbocycles. The van der Waals surface area contributed by atoms with Gasteiger partial charge in [-0.1, -0.05) is 12.1 Å². The van der Waals surface area contributed by atoms with Gasteiger partial charge in [0.15, 0.2) is 0 Å². The van der Waals surface area contributed by atoms with Crippen LogP contribution >= 0.6 is 7.14 Å². The summed E-state index contributed by atoms with van der Waals surface area (Å²) in [6.45, 7) is 3.66. The Morgan fingerprint density at radius 3 is 2.21 bits per heavy atom. The van der Waals surface area contributed by atoms with Gasteiger partial charge in [0, 0.05) is 6.16 Å². The van der Waals surface area contributed by atoms with Crippen LogP contribution < -0.4 is 4.74 Å². The zero-order valence-corrected chi connectivity index (χ0v) is 9.88. The van der Waals surface area contributed by atoms with E-state index in [1.165, 1.54) is 5.56 Å². The van der Waals surface area contributed by atoms with E-state index in [0.717, 1.165) is 18.3 Å². The van der Waals surface area contributed by atoms with Crippen LogP contribution in [-0.2, 0) is 11.0 Å². The van der Waals surface area contributed by atoms with Gasteiger partial charge >= 0.3 is 0 Å². The topological polar surface area (TPSA) is 26.3 Å². The lowest BCUT2D eigenvalue weighted by Crippen LogP contribution is -1.92. The largest absolute Gasteiger partial charge is 0.497 e. The van der Waals surface area contributed by atoms with E-state index in [-0.39, 0.29) is 0 Å². The third-order valence-corrected chi connectivity index (χ3v) is 3.40. The zero-order chi connectivity index (χ0) is 10.6. The Bertz CT molecular complexity index is 324. The lowest BCUT2D eigenvalue weighted by atomic mass is 10.2. The standard InChI is InChI=1S/C11H17O2P/c1-13-11-6-4-10(5-7-11)8-9-14(2,3)12/h4-7H,8-9H2,1-3H3. The molecule has 0 aliphatic carbocycles. The molecule has 0 saturated heterocycles. The minimum atomic E-state index is -1.88. The van der Waals surface area contributed by atoms with Crippen molar-refractivity contribution in [2.45, 2.75) is 6.42 Å². The van der Waals surface area contributed by atoms with Crippen LogP contribution in [-0.4, -0.2) is 26.6 Å². The summed E-state index contributed by atoms with van der Waals surface area (Å²) >= 11 is 0. The van der Waals surface area contributed by atoms with Crippen LogP contribution in [0, 0.1) is 0 Å². The van der Waals surface area contributed by atoms with E-state index in [2.05, 4.69) is 0 Å². The summed E-state index contributed by atoms with van der Waals surface area (Å²) in [7, 11) is -0.227. The number of benzene rings is 1. The molecular formula is C11H17O2P. The van der Waals surface area contributed by atoms with Crippen molar-refractivity contribution in [2.24, 2.45) is 0 Å². The molecule has 1 rings (SSSR count). The molecular weight excluding hydrogens is 195 g/mol. The monoisotopic (exact) mass is 212 g/mol. The molecule has 0 aliphatic heterocycles. The molecule has 0 aromatic heterocycles. The van der Waals surface area contributed by atoms with E-state index in [0.29, 0.717) is 0 Å². The molecule has 0 saturated carbocycles. The summed E-state index contributed by atoms with van der Waals surface area (Å²) in [6, 6.07) is 7.92. The Balaban J connectivity index is 2.56. The minimum Gasteiger partial charge on any atom is -0.497 e. The first-order chi connectivity index (χ1) is 6.51. The second-order valence-corrected chi connectivity index (χ2v) is 7.49. The predicted octanol–water partition coefficient (Wildman–Crippen LogP) is 2.86. The van der Waals surface area contributed by atoms with Gasteiger partial charge in [-0.15, -0.1) is 0 Å². The minimum absolute atomic E-state index is 0.777. The van der Waals surface area contributed by atoms with Gasteiger partial charge < -0.3 is 9.30 Å². The van der Waals surface area contributed by atoms with E-state index < -0.39 is 7.14 Å². The van der Waals surface area contributed by atoms with Crippen LogP contribution in [0.25, 0.3) is 0 Å². The summed E-state index contributed by atoms with van der Waals surface area (Å²) in [5.74, 6) is 0.866. The van der Waals surface area contributed by atoms with Crippen molar-refractivity contribution in [3.8, 4) is 5.75 Å². The highest BCUT2D eigenvalue weighted by Gasteiger charge is 2.06. The molecule has 1 aromatic rings. The van der Waals surface area contributed by atoms with Gasteiger partial charge in [-0.25, -0.2) is 0 Å². The molecule has 78 valence electrons. The maximum Gasteiger partial charge on any atom is 0.118 e. The van der Waals surface area contributed by atoms with Crippen molar-refractivity contribution in [3.63, 3.8) is 0 Å². The van der Waals surface area contributed by atoms with Crippen molar-refractivity contribution >= 4 is 7.14 Å². The van der Waals surface area contributed by atoms with Crippen LogP contribution in [0.4, 0.5) is 0 Å². The SMILES string of the molecule is COc1ccc(CCP(C)(C)=O)cc1. The van der Waals surface area contributed by atoms with Crippen LogP contribution in [0.2, 0.25) is 0 Å². The summed E-state index contributed by atoms with van der Waals surface area (Å²) < 4.78 is 16.5. The third kappa shape index (κ3) is 3.97. The Morgan fingerprint density at radius 2 is 1.79 bits per heavy atom. The van der Waals surface area contributed by atoms with Gasteiger partial charge in [0.2, 0.25) is 0 Å². The number of hydrogen-bond donors (Lipinski definition) is 0. The Kier molecular flexibility index (Phi) is 3.77. The molecule has 3 heteroatoms. The molecule has 0 bridgehead atoms. The zero-order valence-electron chi connectivity index (χ0n) is 8.99. The molecule has 14 heavy (non-hydrogen) atoms. The van der Waals surface area contributed by atoms with Crippen LogP contribution in [0.1, 0.15) is 5.56 Å². The molecule has 0 unspecified atom stereocenters. The van der Waals surface area contributed by atoms with Crippen molar-refractivity contribution in [1.29, 1.82) is 0 Å². The maximum absolute atomic E-state index is 11.5. The number of ether oxygens (including phenoxy) is 1. The highest BCUT2D eigenvalue weighted by atomic mass is 31.2. The van der Waals surface area contributed by atoms with E-state index in [1.807, 2.05) is 37.6 Å². The van der Waals surface area contributed by atoms with Crippen LogP contribution in [0.15, 0.2) is 24.3 Å². The Hall–Kier alpha value is -0.750. The molecule has 0 radical (unpaired) electrons. The smallest absolute Gasteiger partial charge is 0.118 e. The summed E-state index contributed by atoms with van der Waals surface area (Å²) in [5, 5.41) is 0. The summed E-state index contributed by atoms with van der Waals surface area (Å²) in [6.07, 6.45) is 1.66. The number of aryl methyl sites for hydroxylation is 1. The van der Waals surface area contributed by atoms with Gasteiger partial charge in [0.25, 0.3) is 0 Å². The van der Waals surface area contributed by atoms with Crippen LogP contribution in [0.3, 0.4) is 0 Å². The van der Waals surface area contributed by atoms with Gasteiger partial charge in [-0.3, -0.25) is 0 Å². The molecule has 0 aliphatic rings. The molecule has 0 spiro atoms. The number of hydrogen-bond acceptors (Lipinski definition) is 2. The predicted molar refractivity (Wildman–Crippen MR) is 61.0 cm³/mol. The molecule has 0 heterocycles. The first kappa shape index (κ1) is 11.3. The Labute approximate surface area is 85.7 Å².